The first-order valence-corrected chi connectivity index (χ1v) is 16.2. The predicted octanol–water partition coefficient (Wildman–Crippen LogP) is 8.54. The molecule has 0 amide bonds. The minimum absolute atomic E-state index is 0.284. The van der Waals surface area contributed by atoms with Gasteiger partial charge in [0.25, 0.3) is 0 Å². The van der Waals surface area contributed by atoms with Gasteiger partial charge in [-0.15, -0.1) is 0 Å². The number of carbonyl (C=O) groups is 1. The standard InChI is InChI=1S/C24H41BrFO2P/c1-7-10-15-29(25,16-11-8-2,17-12-9-3)19-21-14-13-20(18-22(21)26)23(27)28-24(4,5)6/h13-14,18H,7-12,15-17,19H2,1-6H3. The molecule has 5 heteroatoms. The van der Waals surface area contributed by atoms with Gasteiger partial charge in [0.2, 0.25) is 0 Å². The molecule has 0 fully saturated rings. The van der Waals surface area contributed by atoms with Crippen LogP contribution >= 0.6 is 20.8 Å². The van der Waals surface area contributed by atoms with Crippen LogP contribution in [0.2, 0.25) is 0 Å². The van der Waals surface area contributed by atoms with E-state index in [0.29, 0.717) is 0 Å². The zero-order valence-electron chi connectivity index (χ0n) is 19.3. The number of rotatable bonds is 12. The molecule has 1 aromatic rings. The molecule has 0 unspecified atom stereocenters. The molecule has 0 radical (unpaired) electrons. The van der Waals surface area contributed by atoms with Gasteiger partial charge >= 0.3 is 186 Å². The number of unbranched alkanes of at least 4 members (excludes halogenated alkanes) is 3. The van der Waals surface area contributed by atoms with Gasteiger partial charge in [-0.05, 0) is 0 Å². The summed E-state index contributed by atoms with van der Waals surface area (Å²) in [4.78, 5) is 12.3. The Morgan fingerprint density at radius 1 is 1.00 bits per heavy atom. The average molecular weight is 491 g/mol. The van der Waals surface area contributed by atoms with Gasteiger partial charge in [-0.1, -0.05) is 0 Å². The average Bonchev–Trinajstić information content (AvgIpc) is 2.64. The molecule has 0 atom stereocenters. The predicted molar refractivity (Wildman–Crippen MR) is 130 cm³/mol. The molecule has 1 rings (SSSR count). The van der Waals surface area contributed by atoms with E-state index < -0.39 is 16.9 Å². The molecule has 0 N–H and O–H groups in total. The molecule has 1 aromatic carbocycles. The van der Waals surface area contributed by atoms with Crippen LogP contribution in [0.4, 0.5) is 4.39 Å². The van der Waals surface area contributed by atoms with E-state index in [4.69, 9.17) is 4.74 Å². The van der Waals surface area contributed by atoms with Crippen LogP contribution in [-0.4, -0.2) is 30.1 Å². The fraction of sp³-hybridized carbons (Fsp3) is 0.708. The first-order chi connectivity index (χ1) is 13.5. The molecule has 0 aliphatic heterocycles. The molecule has 29 heavy (non-hydrogen) atoms. The van der Waals surface area contributed by atoms with Crippen LogP contribution in [0.1, 0.15) is 96.0 Å². The van der Waals surface area contributed by atoms with Crippen LogP contribution in [-0.2, 0) is 10.9 Å². The van der Waals surface area contributed by atoms with Crippen LogP contribution in [0, 0.1) is 5.82 Å². The maximum absolute atomic E-state index is 15.1. The van der Waals surface area contributed by atoms with Crippen molar-refractivity contribution in [2.24, 2.45) is 0 Å². The van der Waals surface area contributed by atoms with Gasteiger partial charge in [0, 0.05) is 0 Å². The summed E-state index contributed by atoms with van der Waals surface area (Å²) in [6.45, 7) is 12.1. The summed E-state index contributed by atoms with van der Waals surface area (Å²) in [6.07, 6.45) is 11.2. The number of carbonyl (C=O) groups excluding carboxylic acids is 1. The summed E-state index contributed by atoms with van der Waals surface area (Å²) < 4.78 is 20.5. The topological polar surface area (TPSA) is 26.3 Å². The Balaban J connectivity index is 3.21. The van der Waals surface area contributed by atoms with E-state index in [2.05, 4.69) is 36.3 Å². The molecular weight excluding hydrogens is 450 g/mol. The molecule has 2 nitrogen and oxygen atoms in total. The third kappa shape index (κ3) is 8.66. The Labute approximate surface area is 186 Å². The molecule has 0 aliphatic carbocycles. The molecule has 0 spiro atoms. The third-order valence-electron chi connectivity index (χ3n) is 5.46. The Hall–Kier alpha value is -0.470. The minimum atomic E-state index is -2.25. The molecule has 168 valence electrons. The van der Waals surface area contributed by atoms with Crippen LogP contribution < -0.4 is 0 Å². The molecule has 0 saturated heterocycles. The summed E-state index contributed by atoms with van der Waals surface area (Å²) in [5.41, 5.74) is 0.427. The van der Waals surface area contributed by atoms with E-state index in [1.807, 2.05) is 20.8 Å². The number of benzene rings is 1. The fourth-order valence-corrected chi connectivity index (χ4v) is 12.4. The van der Waals surface area contributed by atoms with Crippen molar-refractivity contribution in [3.8, 4) is 0 Å². The first kappa shape index (κ1) is 26.6. The number of hydrogen-bond donors (Lipinski definition) is 0. The normalized spacial score (nSPS) is 13.7. The first-order valence-electron chi connectivity index (χ1n) is 11.2. The van der Waals surface area contributed by atoms with Crippen molar-refractivity contribution in [2.45, 2.75) is 91.8 Å². The van der Waals surface area contributed by atoms with Gasteiger partial charge in [0.15, 0.2) is 0 Å². The van der Waals surface area contributed by atoms with Gasteiger partial charge < -0.3 is 0 Å². The van der Waals surface area contributed by atoms with E-state index >= 15 is 4.39 Å². The van der Waals surface area contributed by atoms with Crippen LogP contribution in [0.15, 0.2) is 18.2 Å². The third-order valence-corrected chi connectivity index (χ3v) is 14.8. The molecule has 0 aromatic heterocycles. The zero-order valence-corrected chi connectivity index (χ0v) is 21.8. The summed E-state index contributed by atoms with van der Waals surface area (Å²) in [5.74, 6) is -0.756. The van der Waals surface area contributed by atoms with Gasteiger partial charge in [-0.25, -0.2) is 0 Å². The van der Waals surface area contributed by atoms with E-state index in [-0.39, 0.29) is 11.4 Å². The second-order valence-corrected chi connectivity index (χ2v) is 20.8. The van der Waals surface area contributed by atoms with Crippen molar-refractivity contribution in [1.29, 1.82) is 0 Å². The number of esters is 1. The van der Waals surface area contributed by atoms with Gasteiger partial charge in [-0.2, -0.15) is 0 Å². The Morgan fingerprint density at radius 2 is 1.48 bits per heavy atom. The van der Waals surface area contributed by atoms with E-state index in [1.54, 1.807) is 12.1 Å². The SMILES string of the molecule is CCCCP(Br)(CCCC)(CCCC)Cc1ccc(C(=O)OC(C)(C)C)cc1F. The van der Waals surface area contributed by atoms with Crippen molar-refractivity contribution < 1.29 is 13.9 Å². The number of ether oxygens (including phenoxy) is 1. The summed E-state index contributed by atoms with van der Waals surface area (Å²) in [7, 11) is 0. The summed E-state index contributed by atoms with van der Waals surface area (Å²) in [5, 5.41) is -2.25. The van der Waals surface area contributed by atoms with Crippen molar-refractivity contribution >= 4 is 26.8 Å². The van der Waals surface area contributed by atoms with Crippen molar-refractivity contribution in [3.63, 3.8) is 0 Å². The van der Waals surface area contributed by atoms with Crippen molar-refractivity contribution in [2.75, 3.05) is 18.5 Å². The quantitative estimate of drug-likeness (QED) is 0.216. The van der Waals surface area contributed by atoms with Crippen molar-refractivity contribution in [1.82, 2.24) is 0 Å². The fourth-order valence-electron chi connectivity index (χ4n) is 3.80. The van der Waals surface area contributed by atoms with E-state index in [1.165, 1.54) is 25.3 Å². The van der Waals surface area contributed by atoms with Gasteiger partial charge in [0.05, 0.1) is 0 Å². The summed E-state index contributed by atoms with van der Waals surface area (Å²) in [6, 6.07) is 4.89. The number of halogens is 2. The molecule has 0 aliphatic rings. The van der Waals surface area contributed by atoms with E-state index in [9.17, 15) is 4.79 Å². The van der Waals surface area contributed by atoms with Crippen molar-refractivity contribution in [3.05, 3.63) is 35.1 Å². The molecule has 0 saturated carbocycles. The second-order valence-electron chi connectivity index (χ2n) is 9.52. The number of hydrogen-bond acceptors (Lipinski definition) is 2. The van der Waals surface area contributed by atoms with E-state index in [0.717, 1.165) is 49.5 Å². The Kier molecular flexibility index (Phi) is 10.3. The molecular formula is C24H41BrFO2P. The van der Waals surface area contributed by atoms with Gasteiger partial charge in [-0.3, -0.25) is 0 Å². The molecule has 0 bridgehead atoms. The maximum atomic E-state index is 15.1. The molecule has 0 heterocycles. The van der Waals surface area contributed by atoms with Crippen LogP contribution in [0.5, 0.6) is 0 Å². The Morgan fingerprint density at radius 3 is 1.86 bits per heavy atom. The monoisotopic (exact) mass is 490 g/mol. The second kappa shape index (κ2) is 11.2. The summed E-state index contributed by atoms with van der Waals surface area (Å²) >= 11 is 4.33. The van der Waals surface area contributed by atoms with Crippen LogP contribution in [0.3, 0.4) is 0 Å². The van der Waals surface area contributed by atoms with Crippen LogP contribution in [0.25, 0.3) is 0 Å². The van der Waals surface area contributed by atoms with Gasteiger partial charge in [0.1, 0.15) is 0 Å². The zero-order chi connectivity index (χ0) is 22.2. The Bertz CT molecular complexity index is 645.